The summed E-state index contributed by atoms with van der Waals surface area (Å²) in [6.07, 6.45) is 6.91. The Kier molecular flexibility index (Phi) is 5.56. The fourth-order valence-corrected chi connectivity index (χ4v) is 5.61. The van der Waals surface area contributed by atoms with Gasteiger partial charge < -0.3 is 9.80 Å². The normalized spacial score (nSPS) is 28.1. The Morgan fingerprint density at radius 1 is 1.11 bits per heavy atom. The number of carbonyl (C=O) groups excluding carboxylic acids is 1. The summed E-state index contributed by atoms with van der Waals surface area (Å²) in [4.78, 5) is 20.8. The van der Waals surface area contributed by atoms with E-state index in [0.29, 0.717) is 5.91 Å². The molecule has 1 atom stereocenters. The number of carbonyl (C=O) groups is 1. The Morgan fingerprint density at radius 2 is 1.85 bits per heavy atom. The first-order valence-electron chi connectivity index (χ1n) is 10.9. The van der Waals surface area contributed by atoms with E-state index in [4.69, 9.17) is 0 Å². The minimum Gasteiger partial charge on any atom is -0.336 e. The minimum absolute atomic E-state index is 0.126. The molecule has 1 unspecified atom stereocenters. The molecule has 1 spiro atoms. The van der Waals surface area contributed by atoms with Crippen molar-refractivity contribution < 1.29 is 4.79 Å². The Hall–Kier alpha value is -1.39. The van der Waals surface area contributed by atoms with Crippen molar-refractivity contribution in [1.29, 1.82) is 0 Å². The molecule has 2 saturated heterocycles. The first-order valence-corrected chi connectivity index (χ1v) is 10.9. The minimum atomic E-state index is 0.126. The van der Waals surface area contributed by atoms with Gasteiger partial charge in [-0.15, -0.1) is 0 Å². The number of likely N-dealkylation sites (tertiary alicyclic amines) is 2. The van der Waals surface area contributed by atoms with Gasteiger partial charge in [0.25, 0.3) is 0 Å². The number of hydrogen-bond donors (Lipinski definition) is 0. The summed E-state index contributed by atoms with van der Waals surface area (Å²) < 4.78 is 0. The highest BCUT2D eigenvalue weighted by molar-refractivity contribution is 5.79. The third kappa shape index (κ3) is 3.79. The molecule has 4 nitrogen and oxygen atoms in total. The fraction of sp³-hybridized carbons (Fsp3) is 0.696. The van der Waals surface area contributed by atoms with E-state index in [-0.39, 0.29) is 11.5 Å². The molecular formula is C23H35N3O. The molecule has 1 amide bonds. The number of rotatable bonds is 2. The molecular weight excluding hydrogens is 334 g/mol. The number of piperidine rings is 2. The van der Waals surface area contributed by atoms with Crippen LogP contribution in [0.15, 0.2) is 24.3 Å². The molecule has 0 N–H and O–H groups in total. The lowest BCUT2D eigenvalue weighted by atomic mass is 9.80. The maximum absolute atomic E-state index is 13.5. The molecule has 3 aliphatic heterocycles. The monoisotopic (exact) mass is 369 g/mol. The first-order chi connectivity index (χ1) is 13.1. The van der Waals surface area contributed by atoms with E-state index >= 15 is 0 Å². The van der Waals surface area contributed by atoms with E-state index in [1.165, 1.54) is 36.9 Å². The number of amides is 1. The molecule has 2 fully saturated rings. The van der Waals surface area contributed by atoms with Gasteiger partial charge >= 0.3 is 0 Å². The number of likely N-dealkylation sites (N-methyl/N-ethyl adjacent to an activating group) is 1. The van der Waals surface area contributed by atoms with Crippen molar-refractivity contribution in [3.63, 3.8) is 0 Å². The van der Waals surface area contributed by atoms with E-state index in [0.717, 1.165) is 52.0 Å². The van der Waals surface area contributed by atoms with Gasteiger partial charge in [0, 0.05) is 24.5 Å². The highest BCUT2D eigenvalue weighted by atomic mass is 16.2. The summed E-state index contributed by atoms with van der Waals surface area (Å²) in [5, 5.41) is 0. The maximum atomic E-state index is 13.5. The van der Waals surface area contributed by atoms with Crippen molar-refractivity contribution >= 4 is 5.91 Å². The lowest BCUT2D eigenvalue weighted by Crippen LogP contribution is -2.59. The lowest BCUT2D eigenvalue weighted by molar-refractivity contribution is -0.140. The number of benzene rings is 1. The van der Waals surface area contributed by atoms with Crippen molar-refractivity contribution in [2.24, 2.45) is 5.92 Å². The molecule has 4 heteroatoms. The SMILES string of the molecule is CCN1CCCCC12Cc1ccccc1CN(C(=O)C1CCN(C)CC1)C2. The van der Waals surface area contributed by atoms with E-state index in [1.54, 1.807) is 0 Å². The fourth-order valence-electron chi connectivity index (χ4n) is 5.61. The van der Waals surface area contributed by atoms with Gasteiger partial charge in [-0.2, -0.15) is 0 Å². The van der Waals surface area contributed by atoms with Gasteiger partial charge in [-0.3, -0.25) is 9.69 Å². The van der Waals surface area contributed by atoms with Gasteiger partial charge in [0.15, 0.2) is 0 Å². The van der Waals surface area contributed by atoms with Crippen LogP contribution in [0.5, 0.6) is 0 Å². The molecule has 0 saturated carbocycles. The third-order valence-corrected chi connectivity index (χ3v) is 7.24. The molecule has 0 radical (unpaired) electrons. The molecule has 1 aromatic carbocycles. The van der Waals surface area contributed by atoms with Gasteiger partial charge in [-0.1, -0.05) is 37.6 Å². The molecule has 3 aliphatic rings. The largest absolute Gasteiger partial charge is 0.336 e. The van der Waals surface area contributed by atoms with Gasteiger partial charge in [0.2, 0.25) is 5.91 Å². The second kappa shape index (κ2) is 7.92. The van der Waals surface area contributed by atoms with Gasteiger partial charge in [-0.05, 0) is 76.5 Å². The molecule has 0 aromatic heterocycles. The Morgan fingerprint density at radius 3 is 2.59 bits per heavy atom. The van der Waals surface area contributed by atoms with Crippen LogP contribution in [-0.4, -0.2) is 65.9 Å². The van der Waals surface area contributed by atoms with Gasteiger partial charge in [0.1, 0.15) is 0 Å². The van der Waals surface area contributed by atoms with Crippen molar-refractivity contribution in [2.75, 3.05) is 39.8 Å². The van der Waals surface area contributed by atoms with Crippen LogP contribution in [0.25, 0.3) is 0 Å². The van der Waals surface area contributed by atoms with E-state index in [9.17, 15) is 4.79 Å². The zero-order valence-electron chi connectivity index (χ0n) is 17.1. The second-order valence-electron chi connectivity index (χ2n) is 8.98. The van der Waals surface area contributed by atoms with Crippen LogP contribution in [0.2, 0.25) is 0 Å². The molecule has 0 bridgehead atoms. The van der Waals surface area contributed by atoms with Crippen LogP contribution in [-0.2, 0) is 17.8 Å². The van der Waals surface area contributed by atoms with Gasteiger partial charge in [0.05, 0.1) is 0 Å². The zero-order chi connectivity index (χ0) is 18.9. The van der Waals surface area contributed by atoms with Crippen molar-refractivity contribution in [1.82, 2.24) is 14.7 Å². The average Bonchev–Trinajstić information content (AvgIpc) is 2.85. The number of nitrogens with zero attached hydrogens (tertiary/aromatic N) is 3. The molecule has 148 valence electrons. The summed E-state index contributed by atoms with van der Waals surface area (Å²) in [6.45, 7) is 8.34. The van der Waals surface area contributed by atoms with Crippen molar-refractivity contribution in [3.8, 4) is 0 Å². The summed E-state index contributed by atoms with van der Waals surface area (Å²) in [5.74, 6) is 0.614. The zero-order valence-corrected chi connectivity index (χ0v) is 17.1. The molecule has 4 rings (SSSR count). The molecule has 1 aromatic rings. The highest BCUT2D eigenvalue weighted by Gasteiger charge is 2.43. The van der Waals surface area contributed by atoms with Crippen molar-refractivity contribution in [3.05, 3.63) is 35.4 Å². The topological polar surface area (TPSA) is 26.8 Å². The lowest BCUT2D eigenvalue weighted by Gasteiger charge is -2.49. The smallest absolute Gasteiger partial charge is 0.226 e. The summed E-state index contributed by atoms with van der Waals surface area (Å²) in [6, 6.07) is 8.83. The molecule has 3 heterocycles. The Bertz CT molecular complexity index is 667. The summed E-state index contributed by atoms with van der Waals surface area (Å²) in [7, 11) is 2.17. The quantitative estimate of drug-likeness (QED) is 0.801. The van der Waals surface area contributed by atoms with Crippen LogP contribution in [0.1, 0.15) is 50.2 Å². The standard InChI is InChI=1S/C23H35N3O/c1-3-26-13-7-6-12-23(26)16-20-8-4-5-9-21(20)17-25(18-23)22(27)19-10-14-24(2)15-11-19/h4-5,8-9,19H,3,6-7,10-18H2,1-2H3. The predicted molar refractivity (Wildman–Crippen MR) is 110 cm³/mol. The Labute approximate surface area is 164 Å². The summed E-state index contributed by atoms with van der Waals surface area (Å²) >= 11 is 0. The van der Waals surface area contributed by atoms with E-state index in [2.05, 4.69) is 52.9 Å². The van der Waals surface area contributed by atoms with Crippen LogP contribution in [0.4, 0.5) is 0 Å². The highest BCUT2D eigenvalue weighted by Crippen LogP contribution is 2.37. The number of hydrogen-bond acceptors (Lipinski definition) is 3. The molecule has 0 aliphatic carbocycles. The van der Waals surface area contributed by atoms with Crippen molar-refractivity contribution in [2.45, 2.75) is 57.5 Å². The van der Waals surface area contributed by atoms with Crippen LogP contribution < -0.4 is 0 Å². The maximum Gasteiger partial charge on any atom is 0.226 e. The number of fused-ring (bicyclic) bond motifs is 1. The first kappa shape index (κ1) is 18.9. The van der Waals surface area contributed by atoms with Gasteiger partial charge in [-0.25, -0.2) is 0 Å². The summed E-state index contributed by atoms with van der Waals surface area (Å²) in [5.41, 5.74) is 2.94. The second-order valence-corrected chi connectivity index (χ2v) is 8.98. The van der Waals surface area contributed by atoms with Crippen LogP contribution >= 0.6 is 0 Å². The van der Waals surface area contributed by atoms with Crippen LogP contribution in [0, 0.1) is 5.92 Å². The van der Waals surface area contributed by atoms with E-state index in [1.807, 2.05) is 0 Å². The predicted octanol–water partition coefficient (Wildman–Crippen LogP) is 3.16. The van der Waals surface area contributed by atoms with Crippen LogP contribution in [0.3, 0.4) is 0 Å². The van der Waals surface area contributed by atoms with E-state index < -0.39 is 0 Å². The average molecular weight is 370 g/mol. The third-order valence-electron chi connectivity index (χ3n) is 7.24. The Balaban J connectivity index is 1.64. The molecule has 27 heavy (non-hydrogen) atoms.